The summed E-state index contributed by atoms with van der Waals surface area (Å²) < 4.78 is 20.8. The van der Waals surface area contributed by atoms with Gasteiger partial charge in [-0.15, -0.1) is 0 Å². The highest BCUT2D eigenvalue weighted by Crippen LogP contribution is 2.37. The number of hydrogen-bond donors (Lipinski definition) is 5. The second kappa shape index (κ2) is 7.85. The molecule has 0 unspecified atom stereocenters. The maximum Gasteiger partial charge on any atom is 0.339 e. The van der Waals surface area contributed by atoms with Crippen molar-refractivity contribution < 1.29 is 49.3 Å². The molecule has 0 spiro atoms. The summed E-state index contributed by atoms with van der Waals surface area (Å²) in [5.41, 5.74) is -0.166. The number of carbonyl (C=O) groups is 1. The van der Waals surface area contributed by atoms with Crippen molar-refractivity contribution in [3.05, 3.63) is 17.7 Å². The molecule has 0 radical (unpaired) electrons. The van der Waals surface area contributed by atoms with Crippen molar-refractivity contribution in [1.29, 1.82) is 0 Å². The van der Waals surface area contributed by atoms with Crippen LogP contribution >= 0.6 is 0 Å². The number of hydrogen-bond acceptors (Lipinski definition) is 9. The van der Waals surface area contributed by atoms with Crippen LogP contribution in [0.25, 0.3) is 0 Å². The van der Waals surface area contributed by atoms with Gasteiger partial charge in [-0.25, -0.2) is 4.79 Å². The summed E-state index contributed by atoms with van der Waals surface area (Å²) in [5.74, 6) is -1.26. The number of aromatic carboxylic acids is 1. The molecule has 5 N–H and O–H groups in total. The molecule has 5 atom stereocenters. The molecule has 1 aliphatic heterocycles. The van der Waals surface area contributed by atoms with Gasteiger partial charge in [0.2, 0.25) is 6.29 Å². The highest BCUT2D eigenvalue weighted by atomic mass is 16.7. The maximum absolute atomic E-state index is 11.2. The number of carboxylic acid groups (broad SMARTS) is 1. The Balaban J connectivity index is 2.33. The Hall–Kier alpha value is -2.11. The molecule has 1 aromatic carbocycles. The van der Waals surface area contributed by atoms with Crippen molar-refractivity contribution in [3.8, 4) is 17.2 Å². The fourth-order valence-electron chi connectivity index (χ4n) is 2.42. The molecule has 1 aromatic rings. The fourth-order valence-corrected chi connectivity index (χ4v) is 2.42. The van der Waals surface area contributed by atoms with Crippen LogP contribution < -0.4 is 14.2 Å². The molecular formula is C15H20O10. The second-order valence-corrected chi connectivity index (χ2v) is 5.32. The van der Waals surface area contributed by atoms with E-state index in [-0.39, 0.29) is 22.8 Å². The van der Waals surface area contributed by atoms with Crippen molar-refractivity contribution in [3.63, 3.8) is 0 Å². The Morgan fingerprint density at radius 1 is 1.04 bits per heavy atom. The summed E-state index contributed by atoms with van der Waals surface area (Å²) in [6.07, 6.45) is -7.33. The Labute approximate surface area is 142 Å². The molecule has 10 heteroatoms. The third-order valence-electron chi connectivity index (χ3n) is 3.81. The summed E-state index contributed by atoms with van der Waals surface area (Å²) in [5, 5.41) is 47.9. The van der Waals surface area contributed by atoms with Crippen LogP contribution in [-0.4, -0.2) is 83.0 Å². The summed E-state index contributed by atoms with van der Waals surface area (Å²) in [6.45, 7) is -0.608. The smallest absolute Gasteiger partial charge is 0.339 e. The molecule has 1 fully saturated rings. The summed E-state index contributed by atoms with van der Waals surface area (Å²) in [4.78, 5) is 11.2. The Bertz CT molecular complexity index is 617. The quantitative estimate of drug-likeness (QED) is 0.408. The fraction of sp³-hybridized carbons (Fsp3) is 0.533. The molecule has 10 nitrogen and oxygen atoms in total. The number of rotatable bonds is 6. The van der Waals surface area contributed by atoms with Crippen molar-refractivity contribution >= 4 is 5.97 Å². The molecule has 0 bridgehead atoms. The zero-order chi connectivity index (χ0) is 18.7. The second-order valence-electron chi connectivity index (χ2n) is 5.32. The van der Waals surface area contributed by atoms with Crippen LogP contribution in [-0.2, 0) is 4.74 Å². The van der Waals surface area contributed by atoms with E-state index >= 15 is 0 Å². The van der Waals surface area contributed by atoms with Gasteiger partial charge in [-0.05, 0) is 0 Å². The van der Waals surface area contributed by atoms with Crippen LogP contribution in [0.1, 0.15) is 10.4 Å². The van der Waals surface area contributed by atoms with E-state index in [1.165, 1.54) is 26.4 Å². The lowest BCUT2D eigenvalue weighted by atomic mass is 9.99. The predicted octanol–water partition coefficient (Wildman–Crippen LogP) is -1.42. The summed E-state index contributed by atoms with van der Waals surface area (Å²) in [6, 6.07) is 2.39. The molecule has 25 heavy (non-hydrogen) atoms. The van der Waals surface area contributed by atoms with E-state index in [4.69, 9.17) is 18.9 Å². The third-order valence-corrected chi connectivity index (χ3v) is 3.81. The minimum atomic E-state index is -1.62. The van der Waals surface area contributed by atoms with E-state index < -0.39 is 43.3 Å². The van der Waals surface area contributed by atoms with E-state index in [1.54, 1.807) is 0 Å². The van der Waals surface area contributed by atoms with E-state index in [1.807, 2.05) is 0 Å². The van der Waals surface area contributed by atoms with Gasteiger partial charge >= 0.3 is 5.97 Å². The lowest BCUT2D eigenvalue weighted by Crippen LogP contribution is -2.60. The van der Waals surface area contributed by atoms with Crippen LogP contribution in [0.3, 0.4) is 0 Å². The van der Waals surface area contributed by atoms with Gasteiger partial charge in [0.1, 0.15) is 35.7 Å². The maximum atomic E-state index is 11.2. The predicted molar refractivity (Wildman–Crippen MR) is 80.9 cm³/mol. The average molecular weight is 360 g/mol. The molecule has 2 rings (SSSR count). The minimum absolute atomic E-state index is 0.0197. The summed E-state index contributed by atoms with van der Waals surface area (Å²) >= 11 is 0. The first kappa shape index (κ1) is 19.2. The topological polar surface area (TPSA) is 155 Å². The Morgan fingerprint density at radius 2 is 1.68 bits per heavy atom. The zero-order valence-corrected chi connectivity index (χ0v) is 13.5. The van der Waals surface area contributed by atoms with Crippen molar-refractivity contribution in [1.82, 2.24) is 0 Å². The third kappa shape index (κ3) is 3.78. The highest BCUT2D eigenvalue weighted by molar-refractivity contribution is 5.92. The van der Waals surface area contributed by atoms with Gasteiger partial charge < -0.3 is 44.5 Å². The van der Waals surface area contributed by atoms with Gasteiger partial charge in [0.05, 0.1) is 20.8 Å². The number of ether oxygens (including phenoxy) is 4. The monoisotopic (exact) mass is 360 g/mol. The van der Waals surface area contributed by atoms with Crippen molar-refractivity contribution in [2.75, 3.05) is 20.8 Å². The molecule has 0 saturated carbocycles. The molecule has 1 saturated heterocycles. The van der Waals surface area contributed by atoms with Crippen molar-refractivity contribution in [2.45, 2.75) is 30.7 Å². The van der Waals surface area contributed by atoms with E-state index in [2.05, 4.69) is 0 Å². The first-order valence-corrected chi connectivity index (χ1v) is 7.30. The number of benzene rings is 1. The Kier molecular flexibility index (Phi) is 6.03. The Morgan fingerprint density at radius 3 is 2.20 bits per heavy atom. The standard InChI is InChI=1S/C15H20O10/c1-22-7-4-9(8(23-2)3-6(7)14(20)21)24-15-13(19)12(18)11(17)10(5-16)25-15/h3-4,10-13,15-19H,5H2,1-2H3,(H,20,21)/t10-,11-,12+,13-,15-/m1/s1. The van der Waals surface area contributed by atoms with Crippen LogP contribution in [0.2, 0.25) is 0 Å². The first-order valence-electron chi connectivity index (χ1n) is 7.30. The van der Waals surface area contributed by atoms with E-state index in [0.717, 1.165) is 0 Å². The van der Waals surface area contributed by atoms with Crippen molar-refractivity contribution in [2.24, 2.45) is 0 Å². The average Bonchev–Trinajstić information content (AvgIpc) is 2.61. The molecule has 0 aromatic heterocycles. The summed E-state index contributed by atoms with van der Waals surface area (Å²) in [7, 11) is 2.56. The van der Waals surface area contributed by atoms with Gasteiger partial charge in [0, 0.05) is 12.1 Å². The number of aliphatic hydroxyl groups excluding tert-OH is 4. The van der Waals surface area contributed by atoms with Gasteiger partial charge in [0.15, 0.2) is 11.5 Å². The lowest BCUT2D eigenvalue weighted by Gasteiger charge is -2.39. The molecular weight excluding hydrogens is 340 g/mol. The molecule has 0 amide bonds. The van der Waals surface area contributed by atoms with E-state index in [9.17, 15) is 30.3 Å². The number of methoxy groups -OCH3 is 2. The number of carboxylic acids is 1. The highest BCUT2D eigenvalue weighted by Gasteiger charge is 2.45. The number of aliphatic hydroxyl groups is 4. The SMILES string of the molecule is COc1cc(C(=O)O)c(OC)cc1O[C@@H]1O[C@H](CO)[C@@H](O)[C@H](O)[C@H]1O. The zero-order valence-electron chi connectivity index (χ0n) is 13.5. The molecule has 1 heterocycles. The van der Waals surface area contributed by atoms with Gasteiger partial charge in [-0.2, -0.15) is 0 Å². The lowest BCUT2D eigenvalue weighted by molar-refractivity contribution is -0.277. The van der Waals surface area contributed by atoms with Crippen LogP contribution in [0.15, 0.2) is 12.1 Å². The molecule has 0 aliphatic carbocycles. The minimum Gasteiger partial charge on any atom is -0.496 e. The molecule has 140 valence electrons. The van der Waals surface area contributed by atoms with Crippen LogP contribution in [0.4, 0.5) is 0 Å². The van der Waals surface area contributed by atoms with E-state index in [0.29, 0.717) is 0 Å². The van der Waals surface area contributed by atoms with Gasteiger partial charge in [-0.3, -0.25) is 0 Å². The largest absolute Gasteiger partial charge is 0.496 e. The van der Waals surface area contributed by atoms with Gasteiger partial charge in [0.25, 0.3) is 0 Å². The van der Waals surface area contributed by atoms with Gasteiger partial charge in [-0.1, -0.05) is 0 Å². The van der Waals surface area contributed by atoms with Crippen LogP contribution in [0.5, 0.6) is 17.2 Å². The van der Waals surface area contributed by atoms with Crippen LogP contribution in [0, 0.1) is 0 Å². The molecule has 1 aliphatic rings. The first-order chi connectivity index (χ1) is 11.8. The normalized spacial score (nSPS) is 29.1.